The van der Waals surface area contributed by atoms with Crippen molar-refractivity contribution in [1.82, 2.24) is 0 Å². The minimum atomic E-state index is -1.03. The second-order valence-corrected chi connectivity index (χ2v) is 7.35. The molecule has 134 valence electrons. The Balaban J connectivity index is 3.08. The number of cyclic esters (lactones) is 1. The lowest BCUT2D eigenvalue weighted by molar-refractivity contribution is -0.215. The molecule has 1 N–H and O–H groups in total. The number of hydrogen-bond donors (Lipinski definition) is 1. The lowest BCUT2D eigenvalue weighted by atomic mass is 9.80. The SMILES string of the molecule is CC[C@H](C)C[C@@](C)(OC)[C@H](O)[C@H](C)C1=C(C)C(=O)OC(C)(C)O1. The van der Waals surface area contributed by atoms with Crippen molar-refractivity contribution in [3.05, 3.63) is 11.3 Å². The molecule has 4 atom stereocenters. The van der Waals surface area contributed by atoms with E-state index in [0.29, 0.717) is 17.3 Å². The molecule has 0 aliphatic carbocycles. The monoisotopic (exact) mass is 328 g/mol. The molecule has 1 aliphatic heterocycles. The second-order valence-electron chi connectivity index (χ2n) is 7.35. The normalized spacial score (nSPS) is 24.3. The van der Waals surface area contributed by atoms with Gasteiger partial charge in [-0.2, -0.15) is 0 Å². The molecule has 0 aromatic carbocycles. The molecule has 1 heterocycles. The molecular weight excluding hydrogens is 296 g/mol. The van der Waals surface area contributed by atoms with Gasteiger partial charge in [-0.05, 0) is 26.2 Å². The van der Waals surface area contributed by atoms with E-state index in [9.17, 15) is 9.90 Å². The van der Waals surface area contributed by atoms with Gasteiger partial charge in [0.05, 0.1) is 17.3 Å². The van der Waals surface area contributed by atoms with Gasteiger partial charge in [0.15, 0.2) is 0 Å². The zero-order valence-corrected chi connectivity index (χ0v) is 15.7. The van der Waals surface area contributed by atoms with Crippen LogP contribution in [-0.4, -0.2) is 35.7 Å². The molecule has 0 amide bonds. The first-order chi connectivity index (χ1) is 10.5. The molecule has 1 aliphatic rings. The van der Waals surface area contributed by atoms with Crippen LogP contribution < -0.4 is 0 Å². The zero-order chi connectivity index (χ0) is 18.0. The number of ether oxygens (including phenoxy) is 3. The third kappa shape index (κ3) is 4.48. The minimum absolute atomic E-state index is 0.379. The zero-order valence-electron chi connectivity index (χ0n) is 15.7. The number of rotatable bonds is 7. The maximum absolute atomic E-state index is 12.0. The first-order valence-electron chi connectivity index (χ1n) is 8.33. The topological polar surface area (TPSA) is 65.0 Å². The van der Waals surface area contributed by atoms with Gasteiger partial charge in [-0.25, -0.2) is 4.79 Å². The maximum Gasteiger partial charge on any atom is 0.340 e. The van der Waals surface area contributed by atoms with Gasteiger partial charge >= 0.3 is 5.97 Å². The molecular formula is C18H32O5. The fourth-order valence-electron chi connectivity index (χ4n) is 3.03. The highest BCUT2D eigenvalue weighted by atomic mass is 16.7. The number of carbonyl (C=O) groups is 1. The Morgan fingerprint density at radius 1 is 1.30 bits per heavy atom. The molecule has 0 aromatic heterocycles. The highest BCUT2D eigenvalue weighted by Gasteiger charge is 2.43. The van der Waals surface area contributed by atoms with E-state index in [0.717, 1.165) is 12.8 Å². The van der Waals surface area contributed by atoms with Crippen LogP contribution in [0.5, 0.6) is 0 Å². The van der Waals surface area contributed by atoms with Crippen LogP contribution in [0.1, 0.15) is 61.3 Å². The summed E-state index contributed by atoms with van der Waals surface area (Å²) >= 11 is 0. The molecule has 5 heteroatoms. The van der Waals surface area contributed by atoms with E-state index in [4.69, 9.17) is 14.2 Å². The lowest BCUT2D eigenvalue weighted by Gasteiger charge is -2.41. The van der Waals surface area contributed by atoms with E-state index >= 15 is 0 Å². The smallest absolute Gasteiger partial charge is 0.340 e. The van der Waals surface area contributed by atoms with Gasteiger partial charge in [0.1, 0.15) is 5.76 Å². The average Bonchev–Trinajstić information content (AvgIpc) is 2.48. The first kappa shape index (κ1) is 20.0. The number of aliphatic hydroxyl groups excluding tert-OH is 1. The van der Waals surface area contributed by atoms with Crippen LogP contribution in [0, 0.1) is 11.8 Å². The third-order valence-electron chi connectivity index (χ3n) is 4.80. The van der Waals surface area contributed by atoms with Crippen molar-refractivity contribution < 1.29 is 24.1 Å². The molecule has 0 saturated heterocycles. The predicted octanol–water partition coefficient (Wildman–Crippen LogP) is 3.41. The number of carbonyl (C=O) groups excluding carboxylic acids is 1. The second kappa shape index (κ2) is 7.22. The van der Waals surface area contributed by atoms with Crippen LogP contribution in [0.25, 0.3) is 0 Å². The number of methoxy groups -OCH3 is 1. The van der Waals surface area contributed by atoms with E-state index in [1.165, 1.54) is 0 Å². The van der Waals surface area contributed by atoms with Gasteiger partial charge in [0.2, 0.25) is 5.79 Å². The van der Waals surface area contributed by atoms with E-state index in [1.54, 1.807) is 27.9 Å². The summed E-state index contributed by atoms with van der Waals surface area (Å²) in [4.78, 5) is 12.0. The summed E-state index contributed by atoms with van der Waals surface area (Å²) in [7, 11) is 1.61. The highest BCUT2D eigenvalue weighted by Crippen LogP contribution is 2.37. The van der Waals surface area contributed by atoms with Crippen molar-refractivity contribution in [2.45, 2.75) is 78.8 Å². The Morgan fingerprint density at radius 3 is 2.35 bits per heavy atom. The van der Waals surface area contributed by atoms with Crippen molar-refractivity contribution in [1.29, 1.82) is 0 Å². The Hall–Kier alpha value is -1.07. The summed E-state index contributed by atoms with van der Waals surface area (Å²) in [6.45, 7) is 13.0. The van der Waals surface area contributed by atoms with Crippen LogP contribution in [0.2, 0.25) is 0 Å². The van der Waals surface area contributed by atoms with E-state index < -0.39 is 23.5 Å². The van der Waals surface area contributed by atoms with E-state index in [-0.39, 0.29) is 5.92 Å². The molecule has 23 heavy (non-hydrogen) atoms. The quantitative estimate of drug-likeness (QED) is 0.726. The summed E-state index contributed by atoms with van der Waals surface area (Å²) in [5.41, 5.74) is -0.311. The molecule has 0 aromatic rings. The molecule has 0 saturated carbocycles. The summed E-state index contributed by atoms with van der Waals surface area (Å²) in [6, 6.07) is 0. The van der Waals surface area contributed by atoms with Gasteiger partial charge in [0, 0.05) is 26.9 Å². The maximum atomic E-state index is 12.0. The average molecular weight is 328 g/mol. The Kier molecular flexibility index (Phi) is 6.27. The van der Waals surface area contributed by atoms with Gasteiger partial charge in [-0.3, -0.25) is 0 Å². The van der Waals surface area contributed by atoms with Gasteiger partial charge in [0.25, 0.3) is 0 Å². The highest BCUT2D eigenvalue weighted by molar-refractivity contribution is 5.89. The fourth-order valence-corrected chi connectivity index (χ4v) is 3.03. The van der Waals surface area contributed by atoms with Crippen LogP contribution in [0.3, 0.4) is 0 Å². The Labute approximate surface area is 140 Å². The number of esters is 1. The molecule has 0 radical (unpaired) electrons. The first-order valence-corrected chi connectivity index (χ1v) is 8.33. The van der Waals surface area contributed by atoms with Gasteiger partial charge < -0.3 is 19.3 Å². The Bertz CT molecular complexity index is 468. The van der Waals surface area contributed by atoms with Crippen molar-refractivity contribution >= 4 is 5.97 Å². The lowest BCUT2D eigenvalue weighted by Crippen LogP contribution is -2.48. The molecule has 0 fully saturated rings. The third-order valence-corrected chi connectivity index (χ3v) is 4.80. The predicted molar refractivity (Wildman–Crippen MR) is 88.6 cm³/mol. The van der Waals surface area contributed by atoms with Crippen molar-refractivity contribution in [2.24, 2.45) is 11.8 Å². The van der Waals surface area contributed by atoms with Gasteiger partial charge in [-0.15, -0.1) is 0 Å². The number of hydrogen-bond acceptors (Lipinski definition) is 5. The summed E-state index contributed by atoms with van der Waals surface area (Å²) in [5.74, 6) is -0.913. The molecule has 1 rings (SSSR count). The van der Waals surface area contributed by atoms with Crippen molar-refractivity contribution in [3.63, 3.8) is 0 Å². The van der Waals surface area contributed by atoms with Crippen molar-refractivity contribution in [2.75, 3.05) is 7.11 Å². The largest absolute Gasteiger partial charge is 0.456 e. The molecule has 0 bridgehead atoms. The van der Waals surface area contributed by atoms with E-state index in [2.05, 4.69) is 13.8 Å². The standard InChI is InChI=1S/C18H32O5/c1-9-11(2)10-18(7,21-8)15(19)12(3)14-13(4)16(20)23-17(5,6)22-14/h11-12,15,19H,9-10H2,1-8H3/t11-,12+,15+,18+/m0/s1. The van der Waals surface area contributed by atoms with Gasteiger partial charge in [-0.1, -0.05) is 27.2 Å². The van der Waals surface area contributed by atoms with Crippen LogP contribution >= 0.6 is 0 Å². The van der Waals surface area contributed by atoms with Crippen LogP contribution in [-0.2, 0) is 19.0 Å². The summed E-state index contributed by atoms with van der Waals surface area (Å²) in [5, 5.41) is 10.9. The number of aliphatic hydroxyl groups is 1. The molecule has 5 nitrogen and oxygen atoms in total. The van der Waals surface area contributed by atoms with Crippen LogP contribution in [0.15, 0.2) is 11.3 Å². The minimum Gasteiger partial charge on any atom is -0.456 e. The van der Waals surface area contributed by atoms with Crippen LogP contribution in [0.4, 0.5) is 0 Å². The molecule has 0 spiro atoms. The Morgan fingerprint density at radius 2 is 1.87 bits per heavy atom. The summed E-state index contributed by atoms with van der Waals surface area (Å²) < 4.78 is 16.7. The van der Waals surface area contributed by atoms with Crippen molar-refractivity contribution in [3.8, 4) is 0 Å². The summed E-state index contributed by atoms with van der Waals surface area (Å²) in [6.07, 6.45) is 0.941. The van der Waals surface area contributed by atoms with E-state index in [1.807, 2.05) is 13.8 Å². The fraction of sp³-hybridized carbons (Fsp3) is 0.833. The molecule has 0 unspecified atom stereocenters.